The van der Waals surface area contributed by atoms with Crippen molar-refractivity contribution in [1.29, 1.82) is 0 Å². The number of benzene rings is 1. The molecule has 0 saturated carbocycles. The Morgan fingerprint density at radius 3 is 2.42 bits per heavy atom. The van der Waals surface area contributed by atoms with Gasteiger partial charge in [-0.2, -0.15) is 13.2 Å². The number of hydrogen-bond acceptors (Lipinski definition) is 4. The van der Waals surface area contributed by atoms with Crippen LogP contribution < -0.4 is 5.32 Å². The van der Waals surface area contributed by atoms with E-state index in [1.54, 1.807) is 6.92 Å². The maximum atomic E-state index is 12.8. The molecule has 0 unspecified atom stereocenters. The van der Waals surface area contributed by atoms with Crippen LogP contribution in [0.25, 0.3) is 0 Å². The number of nitrogens with zero attached hydrogens (tertiary/aromatic N) is 4. The minimum absolute atomic E-state index is 0.0891. The Bertz CT molecular complexity index is 1150. The lowest BCUT2D eigenvalue weighted by Gasteiger charge is -2.41. The zero-order chi connectivity index (χ0) is 27.0. The molecule has 1 aromatic carbocycles. The highest BCUT2D eigenvalue weighted by atomic mass is 19.4. The molecule has 2 aromatic rings. The lowest BCUT2D eigenvalue weighted by atomic mass is 9.95. The fourth-order valence-electron chi connectivity index (χ4n) is 6.80. The quantitative estimate of drug-likeness (QED) is 0.573. The number of rotatable bonds is 7. The number of carbonyl (C=O) groups is 2. The Balaban J connectivity index is 1.27. The van der Waals surface area contributed by atoms with Gasteiger partial charge in [-0.15, -0.1) is 0 Å². The Hall–Kier alpha value is -2.88. The van der Waals surface area contributed by atoms with Crippen LogP contribution in [0.15, 0.2) is 30.3 Å². The smallest absolute Gasteiger partial charge is 0.349 e. The first-order valence-electron chi connectivity index (χ1n) is 13.6. The van der Waals surface area contributed by atoms with Crippen molar-refractivity contribution in [1.82, 2.24) is 24.7 Å². The first-order valence-corrected chi connectivity index (χ1v) is 13.6. The van der Waals surface area contributed by atoms with Crippen molar-refractivity contribution in [3.05, 3.63) is 53.1 Å². The van der Waals surface area contributed by atoms with Gasteiger partial charge in [0.05, 0.1) is 24.0 Å². The van der Waals surface area contributed by atoms with E-state index in [9.17, 15) is 22.8 Å². The number of carbonyl (C=O) groups excluding carboxylic acids is 2. The van der Waals surface area contributed by atoms with Gasteiger partial charge in [-0.1, -0.05) is 30.3 Å². The number of halogens is 3. The van der Waals surface area contributed by atoms with E-state index < -0.39 is 24.5 Å². The number of imidazole rings is 1. The molecular weight excluding hydrogens is 495 g/mol. The predicted molar refractivity (Wildman–Crippen MR) is 136 cm³/mol. The average Bonchev–Trinajstić information content (AvgIpc) is 3.31. The second-order valence-corrected chi connectivity index (χ2v) is 11.0. The summed E-state index contributed by atoms with van der Waals surface area (Å²) in [6.07, 6.45) is -0.512. The minimum atomic E-state index is -4.53. The third-order valence-electron chi connectivity index (χ3n) is 8.47. The Morgan fingerprint density at radius 1 is 1.11 bits per heavy atom. The molecule has 1 aromatic heterocycles. The van der Waals surface area contributed by atoms with E-state index in [1.165, 1.54) is 5.69 Å². The van der Waals surface area contributed by atoms with Crippen molar-refractivity contribution >= 4 is 11.8 Å². The third kappa shape index (κ3) is 5.75. The number of hydrogen-bond donors (Lipinski definition) is 1. The second kappa shape index (κ2) is 10.7. The molecule has 2 saturated heterocycles. The van der Waals surface area contributed by atoms with Gasteiger partial charge in [0.2, 0.25) is 11.8 Å². The van der Waals surface area contributed by atoms with E-state index in [0.29, 0.717) is 44.2 Å². The average molecular weight is 532 g/mol. The summed E-state index contributed by atoms with van der Waals surface area (Å²) in [5, 5.41) is 2.64. The summed E-state index contributed by atoms with van der Waals surface area (Å²) in [6, 6.07) is 9.87. The van der Waals surface area contributed by atoms with Gasteiger partial charge >= 0.3 is 6.18 Å². The SMILES string of the molecule is CC(=O)N1CCc2nc(C)n([C@H]3C[C@H]4CC[C@@H](C3)N4CC[C@H](NC(=O)CC(F)(F)F)c3ccccc3)c2C1. The molecule has 2 fully saturated rings. The summed E-state index contributed by atoms with van der Waals surface area (Å²) >= 11 is 0. The molecule has 4 heterocycles. The number of alkyl halides is 3. The maximum Gasteiger partial charge on any atom is 0.397 e. The lowest BCUT2D eigenvalue weighted by molar-refractivity contribution is -0.154. The topological polar surface area (TPSA) is 70.5 Å². The molecule has 3 aliphatic heterocycles. The Kier molecular flexibility index (Phi) is 7.53. The molecule has 2 amide bonds. The minimum Gasteiger partial charge on any atom is -0.349 e. The van der Waals surface area contributed by atoms with Gasteiger partial charge in [-0.05, 0) is 44.6 Å². The highest BCUT2D eigenvalue weighted by molar-refractivity contribution is 5.77. The van der Waals surface area contributed by atoms with E-state index in [-0.39, 0.29) is 5.91 Å². The van der Waals surface area contributed by atoms with E-state index >= 15 is 0 Å². The standard InChI is InChI=1S/C28H36F3N5O2/c1-18-32-25-10-12-34(19(2)37)17-26(25)36(18)23-14-21-8-9-22(15-23)35(21)13-11-24(20-6-4-3-5-7-20)33-27(38)16-28(29,30)31/h3-7,21-24H,8-17H2,1-2H3,(H,33,38)/t21-,22+,23+,24-/m0/s1. The molecule has 38 heavy (non-hydrogen) atoms. The zero-order valence-corrected chi connectivity index (χ0v) is 22.0. The van der Waals surface area contributed by atoms with Crippen molar-refractivity contribution in [2.24, 2.45) is 0 Å². The highest BCUT2D eigenvalue weighted by Gasteiger charge is 2.42. The van der Waals surface area contributed by atoms with Crippen LogP contribution in [0.4, 0.5) is 13.2 Å². The molecule has 5 rings (SSSR count). The van der Waals surface area contributed by atoms with Crippen molar-refractivity contribution < 1.29 is 22.8 Å². The second-order valence-electron chi connectivity index (χ2n) is 11.0. The molecule has 10 heteroatoms. The van der Waals surface area contributed by atoms with Gasteiger partial charge in [-0.25, -0.2) is 4.98 Å². The first-order chi connectivity index (χ1) is 18.1. The van der Waals surface area contributed by atoms with E-state index in [2.05, 4.69) is 21.7 Å². The largest absolute Gasteiger partial charge is 0.397 e. The molecule has 2 bridgehead atoms. The summed E-state index contributed by atoms with van der Waals surface area (Å²) in [6.45, 7) is 5.71. The summed E-state index contributed by atoms with van der Waals surface area (Å²) in [5.41, 5.74) is 3.09. The van der Waals surface area contributed by atoms with Crippen LogP contribution in [-0.4, -0.2) is 62.5 Å². The molecule has 7 nitrogen and oxygen atoms in total. The number of fused-ring (bicyclic) bond motifs is 3. The van der Waals surface area contributed by atoms with Gasteiger partial charge in [-0.3, -0.25) is 14.5 Å². The van der Waals surface area contributed by atoms with Gasteiger partial charge in [0.25, 0.3) is 0 Å². The molecule has 206 valence electrons. The van der Waals surface area contributed by atoms with Crippen LogP contribution in [-0.2, 0) is 22.6 Å². The fourth-order valence-corrected chi connectivity index (χ4v) is 6.80. The summed E-state index contributed by atoms with van der Waals surface area (Å²) < 4.78 is 40.8. The van der Waals surface area contributed by atoms with Crippen molar-refractivity contribution in [3.8, 4) is 0 Å². The highest BCUT2D eigenvalue weighted by Crippen LogP contribution is 2.43. The normalized spacial score (nSPS) is 24.2. The van der Waals surface area contributed by atoms with Gasteiger partial charge in [0.1, 0.15) is 12.2 Å². The molecule has 0 aliphatic carbocycles. The molecular formula is C28H36F3N5O2. The molecule has 0 spiro atoms. The monoisotopic (exact) mass is 531 g/mol. The number of aromatic nitrogens is 2. The zero-order valence-electron chi connectivity index (χ0n) is 22.0. The summed E-state index contributed by atoms with van der Waals surface area (Å²) in [7, 11) is 0. The van der Waals surface area contributed by atoms with Crippen LogP contribution >= 0.6 is 0 Å². The molecule has 1 N–H and O–H groups in total. The van der Waals surface area contributed by atoms with Gasteiger partial charge < -0.3 is 14.8 Å². The molecule has 4 atom stereocenters. The van der Waals surface area contributed by atoms with E-state index in [1.807, 2.05) is 35.2 Å². The van der Waals surface area contributed by atoms with Crippen molar-refractivity contribution in [3.63, 3.8) is 0 Å². The third-order valence-corrected chi connectivity index (χ3v) is 8.47. The van der Waals surface area contributed by atoms with Gasteiger partial charge in [0, 0.05) is 44.6 Å². The summed E-state index contributed by atoms with van der Waals surface area (Å²) in [5.74, 6) is 0.106. The number of nitrogens with one attached hydrogen (secondary N) is 1. The number of aryl methyl sites for hydroxylation is 1. The van der Waals surface area contributed by atoms with Crippen molar-refractivity contribution in [2.75, 3.05) is 13.1 Å². The van der Waals surface area contributed by atoms with Crippen LogP contribution in [0, 0.1) is 6.92 Å². The Morgan fingerprint density at radius 2 is 1.79 bits per heavy atom. The maximum absolute atomic E-state index is 12.8. The summed E-state index contributed by atoms with van der Waals surface area (Å²) in [4.78, 5) is 33.4. The van der Waals surface area contributed by atoms with E-state index in [0.717, 1.165) is 49.2 Å². The van der Waals surface area contributed by atoms with E-state index in [4.69, 9.17) is 4.98 Å². The first kappa shape index (κ1) is 26.7. The number of piperidine rings is 1. The predicted octanol–water partition coefficient (Wildman–Crippen LogP) is 4.46. The van der Waals surface area contributed by atoms with Crippen molar-refractivity contribution in [2.45, 2.75) is 95.7 Å². The molecule has 3 aliphatic rings. The molecule has 0 radical (unpaired) electrons. The Labute approximate surface area is 221 Å². The van der Waals surface area contributed by atoms with Crippen LogP contribution in [0.3, 0.4) is 0 Å². The van der Waals surface area contributed by atoms with Gasteiger partial charge in [0.15, 0.2) is 0 Å². The van der Waals surface area contributed by atoms with Crippen LogP contribution in [0.2, 0.25) is 0 Å². The fraction of sp³-hybridized carbons (Fsp3) is 0.607. The lowest BCUT2D eigenvalue weighted by Crippen LogP contribution is -2.45. The number of amides is 2. The van der Waals surface area contributed by atoms with Crippen LogP contribution in [0.5, 0.6) is 0 Å². The van der Waals surface area contributed by atoms with Crippen LogP contribution in [0.1, 0.15) is 80.3 Å².